The van der Waals surface area contributed by atoms with E-state index < -0.39 is 0 Å². The molecule has 1 heterocycles. The minimum Gasteiger partial charge on any atom is -0.269 e. The van der Waals surface area contributed by atoms with Crippen molar-refractivity contribution < 1.29 is 0 Å². The standard InChI is InChI=1S/C13H14Cl2N2/c1-8(2)17-7-9(3)13(16-17)11-5-4-10(14)6-12(11)15/h4-8H,1-3H3. The Morgan fingerprint density at radius 1 is 1.24 bits per heavy atom. The van der Waals surface area contributed by atoms with Crippen molar-refractivity contribution in [3.63, 3.8) is 0 Å². The van der Waals surface area contributed by atoms with Crippen LogP contribution >= 0.6 is 23.2 Å². The molecule has 0 radical (unpaired) electrons. The van der Waals surface area contributed by atoms with Gasteiger partial charge in [0.15, 0.2) is 0 Å². The van der Waals surface area contributed by atoms with E-state index in [0.29, 0.717) is 16.1 Å². The molecule has 1 aromatic carbocycles. The minimum atomic E-state index is 0.341. The Morgan fingerprint density at radius 3 is 2.47 bits per heavy atom. The number of aryl methyl sites for hydroxylation is 1. The highest BCUT2D eigenvalue weighted by Gasteiger charge is 2.12. The van der Waals surface area contributed by atoms with Gasteiger partial charge in [0.05, 0.1) is 10.7 Å². The Balaban J connectivity index is 2.52. The first kappa shape index (κ1) is 12.5. The minimum absolute atomic E-state index is 0.341. The molecule has 0 aliphatic heterocycles. The van der Waals surface area contributed by atoms with Crippen molar-refractivity contribution in [1.29, 1.82) is 0 Å². The lowest BCUT2D eigenvalue weighted by Crippen LogP contribution is -2.00. The maximum atomic E-state index is 6.19. The van der Waals surface area contributed by atoms with Gasteiger partial charge in [-0.25, -0.2) is 0 Å². The summed E-state index contributed by atoms with van der Waals surface area (Å²) in [7, 11) is 0. The zero-order valence-electron chi connectivity index (χ0n) is 10.0. The second-order valence-electron chi connectivity index (χ2n) is 4.36. The Morgan fingerprint density at radius 2 is 1.94 bits per heavy atom. The first-order valence-electron chi connectivity index (χ1n) is 5.50. The summed E-state index contributed by atoms with van der Waals surface area (Å²) in [4.78, 5) is 0. The van der Waals surface area contributed by atoms with Gasteiger partial charge in [-0.1, -0.05) is 23.2 Å². The van der Waals surface area contributed by atoms with Gasteiger partial charge < -0.3 is 0 Å². The van der Waals surface area contributed by atoms with Gasteiger partial charge in [0.2, 0.25) is 0 Å². The lowest BCUT2D eigenvalue weighted by Gasteiger charge is -2.05. The van der Waals surface area contributed by atoms with Crippen LogP contribution < -0.4 is 0 Å². The lowest BCUT2D eigenvalue weighted by atomic mass is 10.1. The molecule has 0 saturated carbocycles. The summed E-state index contributed by atoms with van der Waals surface area (Å²) < 4.78 is 1.94. The lowest BCUT2D eigenvalue weighted by molar-refractivity contribution is 0.533. The molecule has 0 N–H and O–H groups in total. The average Bonchev–Trinajstić information content (AvgIpc) is 2.61. The predicted octanol–water partition coefficient (Wildman–Crippen LogP) is 4.75. The van der Waals surface area contributed by atoms with Crippen molar-refractivity contribution in [3.05, 3.63) is 40.0 Å². The van der Waals surface area contributed by atoms with Crippen molar-refractivity contribution in [2.24, 2.45) is 0 Å². The van der Waals surface area contributed by atoms with Crippen LogP contribution in [0.25, 0.3) is 11.3 Å². The first-order valence-corrected chi connectivity index (χ1v) is 6.26. The van der Waals surface area contributed by atoms with Crippen LogP contribution in [-0.2, 0) is 0 Å². The van der Waals surface area contributed by atoms with Gasteiger partial charge in [0.1, 0.15) is 0 Å². The fraction of sp³-hybridized carbons (Fsp3) is 0.308. The smallest absolute Gasteiger partial charge is 0.0967 e. The van der Waals surface area contributed by atoms with E-state index in [1.807, 2.05) is 29.9 Å². The predicted molar refractivity (Wildman–Crippen MR) is 72.8 cm³/mol. The molecule has 1 aromatic heterocycles. The second-order valence-corrected chi connectivity index (χ2v) is 5.20. The van der Waals surface area contributed by atoms with E-state index in [1.54, 1.807) is 6.07 Å². The highest BCUT2D eigenvalue weighted by molar-refractivity contribution is 6.36. The fourth-order valence-corrected chi connectivity index (χ4v) is 2.19. The number of hydrogen-bond donors (Lipinski definition) is 0. The molecule has 4 heteroatoms. The van der Waals surface area contributed by atoms with E-state index in [2.05, 4.69) is 18.9 Å². The number of nitrogens with zero attached hydrogens (tertiary/aromatic N) is 2. The average molecular weight is 269 g/mol. The molecule has 2 rings (SSSR count). The van der Waals surface area contributed by atoms with Gasteiger partial charge in [0.25, 0.3) is 0 Å². The largest absolute Gasteiger partial charge is 0.269 e. The fourth-order valence-electron chi connectivity index (χ4n) is 1.70. The molecular weight excluding hydrogens is 255 g/mol. The van der Waals surface area contributed by atoms with Gasteiger partial charge in [-0.3, -0.25) is 4.68 Å². The highest BCUT2D eigenvalue weighted by Crippen LogP contribution is 2.31. The SMILES string of the molecule is Cc1cn(C(C)C)nc1-c1ccc(Cl)cc1Cl. The second kappa shape index (κ2) is 4.71. The summed E-state index contributed by atoms with van der Waals surface area (Å²) in [5.74, 6) is 0. The van der Waals surface area contributed by atoms with Crippen LogP contribution in [0.5, 0.6) is 0 Å². The molecule has 0 atom stereocenters. The first-order chi connectivity index (χ1) is 7.99. The molecule has 0 bridgehead atoms. The van der Waals surface area contributed by atoms with Gasteiger partial charge in [-0.2, -0.15) is 5.10 Å². The van der Waals surface area contributed by atoms with Crippen LogP contribution in [-0.4, -0.2) is 9.78 Å². The van der Waals surface area contributed by atoms with E-state index in [0.717, 1.165) is 16.8 Å². The molecule has 90 valence electrons. The molecule has 2 aromatic rings. The Bertz CT molecular complexity index is 544. The van der Waals surface area contributed by atoms with Gasteiger partial charge in [0, 0.05) is 22.8 Å². The van der Waals surface area contributed by atoms with Gasteiger partial charge >= 0.3 is 0 Å². The molecule has 17 heavy (non-hydrogen) atoms. The monoisotopic (exact) mass is 268 g/mol. The number of rotatable bonds is 2. The Hall–Kier alpha value is -0.990. The highest BCUT2D eigenvalue weighted by atomic mass is 35.5. The van der Waals surface area contributed by atoms with Crippen molar-refractivity contribution in [3.8, 4) is 11.3 Å². The van der Waals surface area contributed by atoms with Crippen LogP contribution in [0.4, 0.5) is 0 Å². The molecular formula is C13H14Cl2N2. The molecule has 0 saturated heterocycles. The van der Waals surface area contributed by atoms with Gasteiger partial charge in [-0.05, 0) is 44.5 Å². The van der Waals surface area contributed by atoms with Gasteiger partial charge in [-0.15, -0.1) is 0 Å². The van der Waals surface area contributed by atoms with E-state index in [1.165, 1.54) is 0 Å². The van der Waals surface area contributed by atoms with Crippen LogP contribution in [0.2, 0.25) is 10.0 Å². The number of halogens is 2. The summed E-state index contributed by atoms with van der Waals surface area (Å²) in [6.07, 6.45) is 2.03. The maximum absolute atomic E-state index is 6.19. The van der Waals surface area contributed by atoms with E-state index in [4.69, 9.17) is 23.2 Å². The Labute approximate surface area is 111 Å². The van der Waals surface area contributed by atoms with E-state index >= 15 is 0 Å². The summed E-state index contributed by atoms with van der Waals surface area (Å²) in [5, 5.41) is 5.83. The number of aromatic nitrogens is 2. The van der Waals surface area contributed by atoms with Crippen LogP contribution in [0, 0.1) is 6.92 Å². The van der Waals surface area contributed by atoms with Crippen LogP contribution in [0.15, 0.2) is 24.4 Å². The summed E-state index contributed by atoms with van der Waals surface area (Å²) >= 11 is 12.1. The third-order valence-corrected chi connectivity index (χ3v) is 3.18. The molecule has 0 spiro atoms. The van der Waals surface area contributed by atoms with E-state index in [-0.39, 0.29) is 0 Å². The molecule has 0 aliphatic carbocycles. The van der Waals surface area contributed by atoms with Crippen molar-refractivity contribution in [1.82, 2.24) is 9.78 Å². The zero-order chi connectivity index (χ0) is 12.6. The summed E-state index contributed by atoms with van der Waals surface area (Å²) in [6.45, 7) is 6.23. The zero-order valence-corrected chi connectivity index (χ0v) is 11.5. The molecule has 0 unspecified atom stereocenters. The van der Waals surface area contributed by atoms with E-state index in [9.17, 15) is 0 Å². The van der Waals surface area contributed by atoms with Crippen molar-refractivity contribution >= 4 is 23.2 Å². The van der Waals surface area contributed by atoms with Crippen LogP contribution in [0.3, 0.4) is 0 Å². The molecule has 0 fully saturated rings. The molecule has 0 aliphatic rings. The van der Waals surface area contributed by atoms with Crippen molar-refractivity contribution in [2.75, 3.05) is 0 Å². The third kappa shape index (κ3) is 2.48. The Kier molecular flexibility index (Phi) is 3.45. The summed E-state index contributed by atoms with van der Waals surface area (Å²) in [6, 6.07) is 5.82. The van der Waals surface area contributed by atoms with Crippen molar-refractivity contribution in [2.45, 2.75) is 26.8 Å². The maximum Gasteiger partial charge on any atom is 0.0967 e. The molecule has 0 amide bonds. The number of benzene rings is 1. The van der Waals surface area contributed by atoms with Crippen LogP contribution in [0.1, 0.15) is 25.5 Å². The molecule has 2 nitrogen and oxygen atoms in total. The third-order valence-electron chi connectivity index (χ3n) is 2.63. The normalized spacial score (nSPS) is 11.2. The quantitative estimate of drug-likeness (QED) is 0.769. The summed E-state index contributed by atoms with van der Waals surface area (Å²) in [5.41, 5.74) is 2.95. The number of hydrogen-bond acceptors (Lipinski definition) is 1. The topological polar surface area (TPSA) is 17.8 Å².